The quantitative estimate of drug-likeness (QED) is 0.664. The van der Waals surface area contributed by atoms with Crippen LogP contribution in [0.15, 0.2) is 0 Å². The fourth-order valence-electron chi connectivity index (χ4n) is 2.17. The van der Waals surface area contributed by atoms with E-state index in [0.717, 1.165) is 39.0 Å². The van der Waals surface area contributed by atoms with Gasteiger partial charge in [0, 0.05) is 26.2 Å². The van der Waals surface area contributed by atoms with Gasteiger partial charge in [-0.25, -0.2) is 0 Å². The van der Waals surface area contributed by atoms with E-state index in [2.05, 4.69) is 11.8 Å². The van der Waals surface area contributed by atoms with Crippen LogP contribution in [0, 0.1) is 0 Å². The SMILES string of the molecule is CCCCCC(O)N1CCN(C(C)O)CC1. The molecular weight excluding hydrogens is 204 g/mol. The second kappa shape index (κ2) is 7.22. The summed E-state index contributed by atoms with van der Waals surface area (Å²) >= 11 is 0. The fraction of sp³-hybridized carbons (Fsp3) is 1.00. The van der Waals surface area contributed by atoms with E-state index >= 15 is 0 Å². The third-order valence-corrected chi connectivity index (χ3v) is 3.36. The molecule has 0 aromatic heterocycles. The van der Waals surface area contributed by atoms with Gasteiger partial charge in [0.25, 0.3) is 0 Å². The van der Waals surface area contributed by atoms with Gasteiger partial charge in [0.05, 0.1) is 0 Å². The molecule has 0 aromatic carbocycles. The molecule has 96 valence electrons. The molecule has 1 saturated heterocycles. The fourth-order valence-corrected chi connectivity index (χ4v) is 2.17. The van der Waals surface area contributed by atoms with Crippen molar-refractivity contribution in [1.29, 1.82) is 0 Å². The number of rotatable bonds is 6. The van der Waals surface area contributed by atoms with Crippen molar-refractivity contribution in [2.24, 2.45) is 0 Å². The van der Waals surface area contributed by atoms with Crippen LogP contribution >= 0.6 is 0 Å². The lowest BCUT2D eigenvalue weighted by Gasteiger charge is -2.38. The van der Waals surface area contributed by atoms with Gasteiger partial charge in [-0.2, -0.15) is 0 Å². The lowest BCUT2D eigenvalue weighted by Crippen LogP contribution is -2.52. The number of aliphatic hydroxyl groups is 2. The minimum atomic E-state index is -0.362. The molecule has 1 fully saturated rings. The Hall–Kier alpha value is -0.160. The van der Waals surface area contributed by atoms with Gasteiger partial charge in [-0.05, 0) is 19.8 Å². The van der Waals surface area contributed by atoms with Crippen LogP contribution in [0.25, 0.3) is 0 Å². The average Bonchev–Trinajstić information content (AvgIpc) is 2.29. The van der Waals surface area contributed by atoms with E-state index in [-0.39, 0.29) is 12.5 Å². The molecule has 0 spiro atoms. The summed E-state index contributed by atoms with van der Waals surface area (Å²) < 4.78 is 0. The van der Waals surface area contributed by atoms with E-state index in [0.29, 0.717) is 0 Å². The van der Waals surface area contributed by atoms with Gasteiger partial charge >= 0.3 is 0 Å². The maximum absolute atomic E-state index is 9.97. The van der Waals surface area contributed by atoms with Gasteiger partial charge in [-0.3, -0.25) is 9.80 Å². The number of hydrogen-bond acceptors (Lipinski definition) is 4. The Balaban J connectivity index is 2.19. The van der Waals surface area contributed by atoms with Crippen molar-refractivity contribution in [2.45, 2.75) is 52.0 Å². The summed E-state index contributed by atoms with van der Waals surface area (Å²) in [5.74, 6) is 0. The van der Waals surface area contributed by atoms with Crippen LogP contribution in [-0.4, -0.2) is 58.6 Å². The topological polar surface area (TPSA) is 46.9 Å². The molecule has 1 heterocycles. The van der Waals surface area contributed by atoms with Crippen LogP contribution < -0.4 is 0 Å². The number of unbranched alkanes of at least 4 members (excludes halogenated alkanes) is 2. The molecule has 0 bridgehead atoms. The largest absolute Gasteiger partial charge is 0.379 e. The monoisotopic (exact) mass is 230 g/mol. The average molecular weight is 230 g/mol. The number of nitrogens with zero attached hydrogens (tertiary/aromatic N) is 2. The zero-order valence-corrected chi connectivity index (χ0v) is 10.6. The first-order valence-electron chi connectivity index (χ1n) is 6.49. The maximum atomic E-state index is 9.97. The first kappa shape index (κ1) is 13.9. The minimum absolute atomic E-state index is 0.289. The molecule has 1 aliphatic heterocycles. The molecule has 16 heavy (non-hydrogen) atoms. The van der Waals surface area contributed by atoms with Gasteiger partial charge in [-0.1, -0.05) is 19.8 Å². The molecule has 4 heteroatoms. The molecule has 2 atom stereocenters. The van der Waals surface area contributed by atoms with Crippen LogP contribution in [0.1, 0.15) is 39.5 Å². The summed E-state index contributed by atoms with van der Waals surface area (Å²) in [7, 11) is 0. The van der Waals surface area contributed by atoms with Gasteiger partial charge in [-0.15, -0.1) is 0 Å². The molecule has 0 aliphatic carbocycles. The van der Waals surface area contributed by atoms with E-state index in [1.807, 2.05) is 4.90 Å². The van der Waals surface area contributed by atoms with Crippen LogP contribution in [0.5, 0.6) is 0 Å². The number of piperazine rings is 1. The Labute approximate surface area is 98.9 Å². The van der Waals surface area contributed by atoms with Crippen molar-refractivity contribution in [3.05, 3.63) is 0 Å². The summed E-state index contributed by atoms with van der Waals surface area (Å²) in [6, 6.07) is 0. The normalized spacial score (nSPS) is 23.2. The van der Waals surface area contributed by atoms with Crippen molar-refractivity contribution in [2.75, 3.05) is 26.2 Å². The molecule has 4 nitrogen and oxygen atoms in total. The van der Waals surface area contributed by atoms with Gasteiger partial charge in [0.2, 0.25) is 0 Å². The van der Waals surface area contributed by atoms with E-state index in [1.165, 1.54) is 12.8 Å². The summed E-state index contributed by atoms with van der Waals surface area (Å²) in [6.45, 7) is 7.39. The molecule has 0 radical (unpaired) electrons. The van der Waals surface area contributed by atoms with Crippen LogP contribution in [0.2, 0.25) is 0 Å². The smallest absolute Gasteiger partial charge is 0.107 e. The lowest BCUT2D eigenvalue weighted by atomic mass is 10.1. The van der Waals surface area contributed by atoms with Crippen molar-refractivity contribution in [1.82, 2.24) is 9.80 Å². The highest BCUT2D eigenvalue weighted by molar-refractivity contribution is 4.74. The predicted octanol–water partition coefficient (Wildman–Crippen LogP) is 0.841. The standard InChI is InChI=1S/C12H26N2O2/c1-3-4-5-6-12(16)14-9-7-13(8-10-14)11(2)15/h11-12,15-16H,3-10H2,1-2H3. The Bertz CT molecular complexity index is 180. The molecular formula is C12H26N2O2. The second-order valence-electron chi connectivity index (χ2n) is 4.68. The first-order valence-corrected chi connectivity index (χ1v) is 6.49. The van der Waals surface area contributed by atoms with Gasteiger partial charge < -0.3 is 10.2 Å². The van der Waals surface area contributed by atoms with Crippen LogP contribution in [-0.2, 0) is 0 Å². The Morgan fingerprint density at radius 3 is 2.06 bits per heavy atom. The van der Waals surface area contributed by atoms with Gasteiger partial charge in [0.15, 0.2) is 0 Å². The Morgan fingerprint density at radius 2 is 1.56 bits per heavy atom. The lowest BCUT2D eigenvalue weighted by molar-refractivity contribution is -0.0661. The van der Waals surface area contributed by atoms with E-state index in [9.17, 15) is 10.2 Å². The van der Waals surface area contributed by atoms with Crippen molar-refractivity contribution >= 4 is 0 Å². The van der Waals surface area contributed by atoms with Crippen LogP contribution in [0.3, 0.4) is 0 Å². The molecule has 0 saturated carbocycles. The molecule has 2 unspecified atom stereocenters. The van der Waals surface area contributed by atoms with Crippen molar-refractivity contribution in [3.8, 4) is 0 Å². The Morgan fingerprint density at radius 1 is 1.00 bits per heavy atom. The van der Waals surface area contributed by atoms with Crippen LogP contribution in [0.4, 0.5) is 0 Å². The zero-order valence-electron chi connectivity index (χ0n) is 10.6. The molecule has 0 aromatic rings. The number of hydrogen-bond donors (Lipinski definition) is 2. The summed E-state index contributed by atoms with van der Waals surface area (Å²) in [5, 5.41) is 19.4. The van der Waals surface area contributed by atoms with Crippen molar-refractivity contribution < 1.29 is 10.2 Å². The molecule has 1 aliphatic rings. The highest BCUT2D eigenvalue weighted by Gasteiger charge is 2.23. The zero-order chi connectivity index (χ0) is 12.0. The highest BCUT2D eigenvalue weighted by atomic mass is 16.3. The highest BCUT2D eigenvalue weighted by Crippen LogP contribution is 2.11. The van der Waals surface area contributed by atoms with E-state index in [4.69, 9.17) is 0 Å². The van der Waals surface area contributed by atoms with Gasteiger partial charge in [0.1, 0.15) is 12.5 Å². The summed E-state index contributed by atoms with van der Waals surface area (Å²) in [5.41, 5.74) is 0. The molecule has 2 N–H and O–H groups in total. The maximum Gasteiger partial charge on any atom is 0.107 e. The summed E-state index contributed by atoms with van der Waals surface area (Å²) in [6.07, 6.45) is 3.73. The second-order valence-corrected chi connectivity index (χ2v) is 4.68. The first-order chi connectivity index (χ1) is 7.65. The van der Waals surface area contributed by atoms with E-state index in [1.54, 1.807) is 6.92 Å². The summed E-state index contributed by atoms with van der Waals surface area (Å²) in [4.78, 5) is 4.16. The molecule has 0 amide bonds. The third-order valence-electron chi connectivity index (χ3n) is 3.36. The minimum Gasteiger partial charge on any atom is -0.379 e. The van der Waals surface area contributed by atoms with Crippen molar-refractivity contribution in [3.63, 3.8) is 0 Å². The molecule has 1 rings (SSSR count). The third kappa shape index (κ3) is 4.37. The van der Waals surface area contributed by atoms with E-state index < -0.39 is 0 Å². The number of aliphatic hydroxyl groups excluding tert-OH is 2. The Kier molecular flexibility index (Phi) is 6.28. The predicted molar refractivity (Wildman–Crippen MR) is 65.0 cm³/mol.